The Morgan fingerprint density at radius 3 is 2.89 bits per heavy atom. The molecule has 2 atom stereocenters. The molecular formula is C15H15NO3. The second-order valence-electron chi connectivity index (χ2n) is 4.80. The Hall–Kier alpha value is -2.15. The molecule has 98 valence electrons. The topological polar surface area (TPSA) is 67.2 Å². The van der Waals surface area contributed by atoms with Gasteiger partial charge in [-0.05, 0) is 36.6 Å². The standard InChI is InChI=1S/C15H15NO3/c1-9(15(18)19-2)12-6-4-11-7-10(8-16)3-5-13(11)14(12)17/h3,5,7,9,12H,4,6H2,1-2H3. The van der Waals surface area contributed by atoms with Crippen molar-refractivity contribution < 1.29 is 14.3 Å². The van der Waals surface area contributed by atoms with Crippen LogP contribution < -0.4 is 0 Å². The van der Waals surface area contributed by atoms with Gasteiger partial charge in [-0.15, -0.1) is 0 Å². The van der Waals surface area contributed by atoms with E-state index in [1.54, 1.807) is 25.1 Å². The van der Waals surface area contributed by atoms with Crippen LogP contribution in [0.4, 0.5) is 0 Å². The van der Waals surface area contributed by atoms with E-state index in [0.717, 1.165) is 5.56 Å². The Labute approximate surface area is 112 Å². The molecule has 19 heavy (non-hydrogen) atoms. The summed E-state index contributed by atoms with van der Waals surface area (Å²) in [5, 5.41) is 8.85. The molecule has 2 unspecified atom stereocenters. The molecule has 4 nitrogen and oxygen atoms in total. The van der Waals surface area contributed by atoms with E-state index in [4.69, 9.17) is 10.00 Å². The maximum atomic E-state index is 12.4. The normalized spacial score (nSPS) is 19.2. The summed E-state index contributed by atoms with van der Waals surface area (Å²) in [6.07, 6.45) is 1.33. The third-order valence-corrected chi connectivity index (χ3v) is 3.74. The molecule has 0 amide bonds. The van der Waals surface area contributed by atoms with Gasteiger partial charge < -0.3 is 4.74 Å². The molecule has 1 aromatic carbocycles. The van der Waals surface area contributed by atoms with E-state index in [1.165, 1.54) is 7.11 Å². The van der Waals surface area contributed by atoms with Crippen LogP contribution in [0.25, 0.3) is 0 Å². The number of aryl methyl sites for hydroxylation is 1. The molecule has 0 heterocycles. The molecule has 0 aliphatic heterocycles. The van der Waals surface area contributed by atoms with Crippen LogP contribution in [0.1, 0.15) is 34.8 Å². The predicted octanol–water partition coefficient (Wildman–Crippen LogP) is 2.11. The van der Waals surface area contributed by atoms with Crippen LogP contribution >= 0.6 is 0 Å². The molecule has 0 bridgehead atoms. The number of esters is 1. The van der Waals surface area contributed by atoms with Gasteiger partial charge in [-0.3, -0.25) is 9.59 Å². The number of rotatable bonds is 2. The maximum Gasteiger partial charge on any atom is 0.309 e. The molecule has 1 aromatic rings. The first-order chi connectivity index (χ1) is 9.08. The van der Waals surface area contributed by atoms with Crippen molar-refractivity contribution >= 4 is 11.8 Å². The molecule has 0 saturated heterocycles. The van der Waals surface area contributed by atoms with Gasteiger partial charge in [-0.2, -0.15) is 5.26 Å². The van der Waals surface area contributed by atoms with Crippen LogP contribution in [0.3, 0.4) is 0 Å². The first-order valence-electron chi connectivity index (χ1n) is 6.23. The van der Waals surface area contributed by atoms with Crippen LogP contribution in [-0.2, 0) is 16.0 Å². The van der Waals surface area contributed by atoms with E-state index >= 15 is 0 Å². The number of nitrogens with zero attached hydrogens (tertiary/aromatic N) is 1. The zero-order valence-corrected chi connectivity index (χ0v) is 11.0. The van der Waals surface area contributed by atoms with Crippen LogP contribution in [-0.4, -0.2) is 18.9 Å². The lowest BCUT2D eigenvalue weighted by Crippen LogP contribution is -2.32. The highest BCUT2D eigenvalue weighted by atomic mass is 16.5. The molecule has 1 aliphatic rings. The van der Waals surface area contributed by atoms with E-state index in [-0.39, 0.29) is 17.7 Å². The Kier molecular flexibility index (Phi) is 3.66. The fraction of sp³-hybridized carbons (Fsp3) is 0.400. The van der Waals surface area contributed by atoms with Gasteiger partial charge in [0.15, 0.2) is 5.78 Å². The largest absolute Gasteiger partial charge is 0.469 e. The molecule has 1 aliphatic carbocycles. The van der Waals surface area contributed by atoms with Crippen molar-refractivity contribution in [3.63, 3.8) is 0 Å². The second kappa shape index (κ2) is 5.23. The fourth-order valence-corrected chi connectivity index (χ4v) is 2.58. The first-order valence-corrected chi connectivity index (χ1v) is 6.23. The van der Waals surface area contributed by atoms with E-state index in [2.05, 4.69) is 6.07 Å². The summed E-state index contributed by atoms with van der Waals surface area (Å²) in [7, 11) is 1.33. The lowest BCUT2D eigenvalue weighted by molar-refractivity contribution is -0.146. The third-order valence-electron chi connectivity index (χ3n) is 3.74. The van der Waals surface area contributed by atoms with E-state index < -0.39 is 5.92 Å². The van der Waals surface area contributed by atoms with Crippen LogP contribution in [0.2, 0.25) is 0 Å². The maximum absolute atomic E-state index is 12.4. The monoisotopic (exact) mass is 257 g/mol. The second-order valence-corrected chi connectivity index (χ2v) is 4.80. The molecule has 2 rings (SSSR count). The van der Waals surface area contributed by atoms with Crippen molar-refractivity contribution in [3.8, 4) is 6.07 Å². The predicted molar refractivity (Wildman–Crippen MR) is 68.5 cm³/mol. The van der Waals surface area contributed by atoms with Gasteiger partial charge in [-0.25, -0.2) is 0 Å². The highest BCUT2D eigenvalue weighted by molar-refractivity contribution is 6.02. The minimum Gasteiger partial charge on any atom is -0.469 e. The summed E-state index contributed by atoms with van der Waals surface area (Å²) in [5.41, 5.74) is 2.09. The zero-order valence-electron chi connectivity index (χ0n) is 11.0. The molecule has 0 fully saturated rings. The number of Topliss-reactive ketones (excluding diaryl/α,β-unsaturated/α-hetero) is 1. The van der Waals surface area contributed by atoms with Crippen LogP contribution in [0.5, 0.6) is 0 Å². The average Bonchev–Trinajstić information content (AvgIpc) is 2.45. The number of carbonyl (C=O) groups is 2. The first kappa shape index (κ1) is 13.3. The smallest absolute Gasteiger partial charge is 0.309 e. The number of nitriles is 1. The zero-order chi connectivity index (χ0) is 14.0. The van der Waals surface area contributed by atoms with Crippen molar-refractivity contribution in [1.82, 2.24) is 0 Å². The summed E-state index contributed by atoms with van der Waals surface area (Å²) in [5.74, 6) is -1.13. The number of hydrogen-bond donors (Lipinski definition) is 0. The fourth-order valence-electron chi connectivity index (χ4n) is 2.58. The van der Waals surface area contributed by atoms with E-state index in [0.29, 0.717) is 24.0 Å². The number of ether oxygens (including phenoxy) is 1. The Morgan fingerprint density at radius 1 is 1.53 bits per heavy atom. The third kappa shape index (κ3) is 2.37. The number of ketones is 1. The molecule has 4 heteroatoms. The van der Waals surface area contributed by atoms with Gasteiger partial charge >= 0.3 is 5.97 Å². The quantitative estimate of drug-likeness (QED) is 0.761. The van der Waals surface area contributed by atoms with E-state index in [1.807, 2.05) is 0 Å². The lowest BCUT2D eigenvalue weighted by Gasteiger charge is -2.26. The molecule has 0 spiro atoms. The van der Waals surface area contributed by atoms with Crippen molar-refractivity contribution in [2.45, 2.75) is 19.8 Å². The lowest BCUT2D eigenvalue weighted by atomic mass is 9.76. The Bertz CT molecular complexity index is 571. The molecular weight excluding hydrogens is 242 g/mol. The van der Waals surface area contributed by atoms with Crippen molar-refractivity contribution in [2.24, 2.45) is 11.8 Å². The van der Waals surface area contributed by atoms with Gasteiger partial charge in [0.05, 0.1) is 24.7 Å². The van der Waals surface area contributed by atoms with Crippen LogP contribution in [0.15, 0.2) is 18.2 Å². The van der Waals surface area contributed by atoms with Gasteiger partial charge in [0, 0.05) is 11.5 Å². The van der Waals surface area contributed by atoms with Gasteiger partial charge in [-0.1, -0.05) is 6.92 Å². The summed E-state index contributed by atoms with van der Waals surface area (Å²) < 4.78 is 4.70. The van der Waals surface area contributed by atoms with Crippen molar-refractivity contribution in [3.05, 3.63) is 34.9 Å². The Balaban J connectivity index is 2.30. The highest BCUT2D eigenvalue weighted by Gasteiger charge is 2.35. The number of benzene rings is 1. The SMILES string of the molecule is COC(=O)C(C)C1CCc2cc(C#N)ccc2C1=O. The van der Waals surface area contributed by atoms with Gasteiger partial charge in [0.1, 0.15) is 0 Å². The van der Waals surface area contributed by atoms with Crippen molar-refractivity contribution in [1.29, 1.82) is 5.26 Å². The summed E-state index contributed by atoms with van der Waals surface area (Å²) in [6.45, 7) is 1.73. The minimum atomic E-state index is -0.429. The summed E-state index contributed by atoms with van der Waals surface area (Å²) >= 11 is 0. The van der Waals surface area contributed by atoms with Gasteiger partial charge in [0.2, 0.25) is 0 Å². The molecule has 0 aromatic heterocycles. The summed E-state index contributed by atoms with van der Waals surface area (Å²) in [6, 6.07) is 7.15. The summed E-state index contributed by atoms with van der Waals surface area (Å²) in [4.78, 5) is 23.9. The highest BCUT2D eigenvalue weighted by Crippen LogP contribution is 2.31. The van der Waals surface area contributed by atoms with E-state index in [9.17, 15) is 9.59 Å². The molecule has 0 radical (unpaired) electrons. The number of carbonyl (C=O) groups excluding carboxylic acids is 2. The number of fused-ring (bicyclic) bond motifs is 1. The van der Waals surface area contributed by atoms with Gasteiger partial charge in [0.25, 0.3) is 0 Å². The molecule has 0 N–H and O–H groups in total. The minimum absolute atomic E-state index is 0.0244. The Morgan fingerprint density at radius 2 is 2.26 bits per heavy atom. The number of hydrogen-bond acceptors (Lipinski definition) is 4. The van der Waals surface area contributed by atoms with Crippen molar-refractivity contribution in [2.75, 3.05) is 7.11 Å². The average molecular weight is 257 g/mol. The van der Waals surface area contributed by atoms with Crippen LogP contribution in [0, 0.1) is 23.2 Å². The number of methoxy groups -OCH3 is 1. The molecule has 0 saturated carbocycles.